The second kappa shape index (κ2) is 8.58. The zero-order valence-corrected chi connectivity index (χ0v) is 10.5. The molecule has 0 heterocycles. The van der Waals surface area contributed by atoms with Crippen LogP contribution in [-0.2, 0) is 9.53 Å². The van der Waals surface area contributed by atoms with Crippen molar-refractivity contribution in [2.45, 2.75) is 18.9 Å². The fourth-order valence-corrected chi connectivity index (χ4v) is 1.07. The van der Waals surface area contributed by atoms with E-state index in [0.717, 1.165) is 0 Å². The molecule has 0 bridgehead atoms. The van der Waals surface area contributed by atoms with Gasteiger partial charge in [-0.2, -0.15) is 0 Å². The molecule has 0 aromatic carbocycles. The number of nitrogens with zero attached hydrogens (tertiary/aromatic N) is 1. The van der Waals surface area contributed by atoms with E-state index in [0.29, 0.717) is 12.8 Å². The maximum Gasteiger partial charge on any atom is 0.407 e. The van der Waals surface area contributed by atoms with Crippen LogP contribution in [0, 0.1) is 0 Å². The van der Waals surface area contributed by atoms with Gasteiger partial charge >= 0.3 is 6.09 Å². The Morgan fingerprint density at radius 1 is 1.47 bits per heavy atom. The quantitative estimate of drug-likeness (QED) is 0.651. The van der Waals surface area contributed by atoms with Gasteiger partial charge in [0.2, 0.25) is 5.91 Å². The van der Waals surface area contributed by atoms with Crippen molar-refractivity contribution in [1.29, 1.82) is 0 Å². The molecule has 0 fully saturated rings. The smallest absolute Gasteiger partial charge is 0.407 e. The number of nitrogens with one attached hydrogen (secondary N) is 1. The third-order valence-corrected chi connectivity index (χ3v) is 2.11. The standard InChI is InChI=1S/C11H20N2O4/c1-13(2)10(15)7-5-4-6-9(8-14)12-11(16)17-3/h5,7,9,14H,4,6,8H2,1-3H3,(H,12,16)/b7-5+/t9-/m0/s1. The Kier molecular flexibility index (Phi) is 7.79. The topological polar surface area (TPSA) is 78.9 Å². The van der Waals surface area contributed by atoms with Gasteiger partial charge in [-0.15, -0.1) is 0 Å². The van der Waals surface area contributed by atoms with E-state index in [-0.39, 0.29) is 18.6 Å². The van der Waals surface area contributed by atoms with Crippen LogP contribution in [0.5, 0.6) is 0 Å². The summed E-state index contributed by atoms with van der Waals surface area (Å²) in [5, 5.41) is 11.5. The zero-order valence-electron chi connectivity index (χ0n) is 10.5. The first-order valence-corrected chi connectivity index (χ1v) is 5.34. The van der Waals surface area contributed by atoms with Crippen molar-refractivity contribution in [2.24, 2.45) is 0 Å². The molecule has 0 aliphatic rings. The summed E-state index contributed by atoms with van der Waals surface area (Å²) in [6.07, 6.45) is 3.74. The Balaban J connectivity index is 3.92. The number of alkyl carbamates (subject to hydrolysis) is 1. The van der Waals surface area contributed by atoms with Crippen LogP contribution in [0.15, 0.2) is 12.2 Å². The Morgan fingerprint density at radius 2 is 2.12 bits per heavy atom. The second-order valence-electron chi connectivity index (χ2n) is 3.73. The molecule has 0 radical (unpaired) electrons. The molecule has 0 aliphatic carbocycles. The number of carbonyl (C=O) groups excluding carboxylic acids is 2. The summed E-state index contributed by atoms with van der Waals surface area (Å²) in [7, 11) is 4.60. The number of ether oxygens (including phenoxy) is 1. The van der Waals surface area contributed by atoms with Gasteiger partial charge in [0.25, 0.3) is 0 Å². The lowest BCUT2D eigenvalue weighted by Crippen LogP contribution is -2.37. The molecule has 98 valence electrons. The van der Waals surface area contributed by atoms with Crippen molar-refractivity contribution in [3.63, 3.8) is 0 Å². The molecule has 6 heteroatoms. The highest BCUT2D eigenvalue weighted by molar-refractivity contribution is 5.87. The van der Waals surface area contributed by atoms with Crippen LogP contribution in [0.25, 0.3) is 0 Å². The number of carbonyl (C=O) groups is 2. The molecule has 0 aromatic rings. The van der Waals surface area contributed by atoms with E-state index in [1.165, 1.54) is 18.1 Å². The minimum absolute atomic E-state index is 0.0912. The average molecular weight is 244 g/mol. The number of aliphatic hydroxyl groups is 1. The van der Waals surface area contributed by atoms with Crippen LogP contribution < -0.4 is 5.32 Å². The maximum atomic E-state index is 11.2. The molecule has 17 heavy (non-hydrogen) atoms. The summed E-state index contributed by atoms with van der Waals surface area (Å²) >= 11 is 0. The predicted octanol–water partition coefficient (Wildman–Crippen LogP) is 0.128. The number of rotatable bonds is 6. The van der Waals surface area contributed by atoms with Gasteiger partial charge in [-0.25, -0.2) is 4.79 Å². The van der Waals surface area contributed by atoms with Crippen LogP contribution in [0.2, 0.25) is 0 Å². The van der Waals surface area contributed by atoms with Crippen LogP contribution >= 0.6 is 0 Å². The lowest BCUT2D eigenvalue weighted by atomic mass is 10.1. The first-order valence-electron chi connectivity index (χ1n) is 5.34. The Hall–Kier alpha value is -1.56. The van der Waals surface area contributed by atoms with Gasteiger partial charge in [0, 0.05) is 14.1 Å². The molecule has 0 unspecified atom stereocenters. The third-order valence-electron chi connectivity index (χ3n) is 2.11. The van der Waals surface area contributed by atoms with E-state index in [1.807, 2.05) is 0 Å². The minimum Gasteiger partial charge on any atom is -0.453 e. The number of aliphatic hydroxyl groups excluding tert-OH is 1. The Morgan fingerprint density at radius 3 is 2.59 bits per heavy atom. The van der Waals surface area contributed by atoms with Crippen LogP contribution in [-0.4, -0.2) is 55.9 Å². The highest BCUT2D eigenvalue weighted by atomic mass is 16.5. The van der Waals surface area contributed by atoms with Gasteiger partial charge in [-0.3, -0.25) is 4.79 Å². The molecule has 2 amide bonds. The largest absolute Gasteiger partial charge is 0.453 e. The fraction of sp³-hybridized carbons (Fsp3) is 0.636. The molecule has 0 spiro atoms. The number of methoxy groups -OCH3 is 1. The third kappa shape index (κ3) is 7.35. The van der Waals surface area contributed by atoms with Crippen LogP contribution in [0.3, 0.4) is 0 Å². The van der Waals surface area contributed by atoms with Gasteiger partial charge in [0.05, 0.1) is 19.8 Å². The molecule has 0 aliphatic heterocycles. The van der Waals surface area contributed by atoms with Crippen molar-refractivity contribution in [1.82, 2.24) is 10.2 Å². The molecule has 0 aromatic heterocycles. The number of amides is 2. The molecule has 6 nitrogen and oxygen atoms in total. The highest BCUT2D eigenvalue weighted by Gasteiger charge is 2.09. The van der Waals surface area contributed by atoms with Crippen molar-refractivity contribution >= 4 is 12.0 Å². The summed E-state index contributed by atoms with van der Waals surface area (Å²) in [4.78, 5) is 23.5. The van der Waals surface area contributed by atoms with Crippen molar-refractivity contribution < 1.29 is 19.4 Å². The molecule has 0 saturated carbocycles. The van der Waals surface area contributed by atoms with E-state index in [4.69, 9.17) is 5.11 Å². The van der Waals surface area contributed by atoms with E-state index in [9.17, 15) is 9.59 Å². The molecular weight excluding hydrogens is 224 g/mol. The SMILES string of the molecule is COC(=O)N[C@H](CO)CC/C=C/C(=O)N(C)C. The number of allylic oxidation sites excluding steroid dienone is 1. The molecule has 0 rings (SSSR count). The first kappa shape index (κ1) is 15.4. The Bertz CT molecular complexity index is 277. The molecular formula is C11H20N2O4. The van der Waals surface area contributed by atoms with Crippen LogP contribution in [0.1, 0.15) is 12.8 Å². The highest BCUT2D eigenvalue weighted by Crippen LogP contribution is 1.99. The summed E-state index contributed by atoms with van der Waals surface area (Å²) in [6, 6.07) is -0.360. The van der Waals surface area contributed by atoms with Crippen LogP contribution in [0.4, 0.5) is 4.79 Å². The predicted molar refractivity (Wildman–Crippen MR) is 63.5 cm³/mol. The monoisotopic (exact) mass is 244 g/mol. The van der Waals surface area contributed by atoms with Gasteiger partial charge in [0.15, 0.2) is 0 Å². The molecule has 1 atom stereocenters. The van der Waals surface area contributed by atoms with E-state index >= 15 is 0 Å². The van der Waals surface area contributed by atoms with Crippen molar-refractivity contribution in [2.75, 3.05) is 27.8 Å². The summed E-state index contributed by atoms with van der Waals surface area (Å²) in [5.74, 6) is -0.0912. The van der Waals surface area contributed by atoms with Gasteiger partial charge in [0.1, 0.15) is 0 Å². The van der Waals surface area contributed by atoms with Crippen molar-refractivity contribution in [3.8, 4) is 0 Å². The number of likely N-dealkylation sites (N-methyl/N-ethyl adjacent to an activating group) is 1. The van der Waals surface area contributed by atoms with E-state index in [2.05, 4.69) is 10.1 Å². The minimum atomic E-state index is -0.572. The summed E-state index contributed by atoms with van der Waals surface area (Å²) < 4.78 is 4.42. The number of hydrogen-bond donors (Lipinski definition) is 2. The Labute approximate surface area is 101 Å². The number of hydrogen-bond acceptors (Lipinski definition) is 4. The van der Waals surface area contributed by atoms with Gasteiger partial charge in [-0.05, 0) is 18.9 Å². The fourth-order valence-electron chi connectivity index (χ4n) is 1.07. The lowest BCUT2D eigenvalue weighted by molar-refractivity contribution is -0.123. The van der Waals surface area contributed by atoms with E-state index < -0.39 is 6.09 Å². The van der Waals surface area contributed by atoms with Gasteiger partial charge in [-0.1, -0.05) is 6.08 Å². The summed E-state index contributed by atoms with van der Waals surface area (Å²) in [6.45, 7) is -0.162. The first-order chi connectivity index (χ1) is 8.01. The summed E-state index contributed by atoms with van der Waals surface area (Å²) in [5.41, 5.74) is 0. The average Bonchev–Trinajstić information content (AvgIpc) is 2.31. The van der Waals surface area contributed by atoms with E-state index in [1.54, 1.807) is 20.2 Å². The van der Waals surface area contributed by atoms with Gasteiger partial charge < -0.3 is 20.1 Å². The zero-order chi connectivity index (χ0) is 13.3. The normalized spacial score (nSPS) is 12.2. The molecule has 2 N–H and O–H groups in total. The molecule has 0 saturated heterocycles. The lowest BCUT2D eigenvalue weighted by Gasteiger charge is -2.13. The maximum absolute atomic E-state index is 11.2. The second-order valence-corrected chi connectivity index (χ2v) is 3.73. The van der Waals surface area contributed by atoms with Crippen molar-refractivity contribution in [3.05, 3.63) is 12.2 Å².